The molecule has 27 heavy (non-hydrogen) atoms. The van der Waals surface area contributed by atoms with E-state index in [0.29, 0.717) is 5.69 Å². The Bertz CT molecular complexity index is 849. The third kappa shape index (κ3) is 3.77. The van der Waals surface area contributed by atoms with Crippen LogP contribution in [0, 0.1) is 0 Å². The molecule has 7 heteroatoms. The summed E-state index contributed by atoms with van der Waals surface area (Å²) in [5.74, 6) is -4.26. The second-order valence-corrected chi connectivity index (χ2v) is 6.37. The molecule has 0 radical (unpaired) electrons. The summed E-state index contributed by atoms with van der Waals surface area (Å²) < 4.78 is 36.1. The van der Waals surface area contributed by atoms with Gasteiger partial charge in [-0.05, 0) is 35.8 Å². The van der Waals surface area contributed by atoms with Crippen LogP contribution in [0.25, 0.3) is 0 Å². The first-order valence-corrected chi connectivity index (χ1v) is 8.39. The van der Waals surface area contributed by atoms with Crippen molar-refractivity contribution in [1.29, 1.82) is 0 Å². The molecule has 1 aromatic rings. The highest BCUT2D eigenvalue weighted by molar-refractivity contribution is 6.05. The summed E-state index contributed by atoms with van der Waals surface area (Å²) in [6.07, 6.45) is 5.94. The first kappa shape index (κ1) is 18.8. The molecule has 1 saturated carbocycles. The third-order valence-corrected chi connectivity index (χ3v) is 4.60. The molecule has 2 aliphatic rings. The average molecular weight is 375 g/mol. The number of carbonyl (C=O) groups excluding carboxylic acids is 2. The molecule has 0 unspecified atom stereocenters. The van der Waals surface area contributed by atoms with Crippen molar-refractivity contribution in [3.8, 4) is 0 Å². The van der Waals surface area contributed by atoms with Gasteiger partial charge < -0.3 is 14.4 Å². The van der Waals surface area contributed by atoms with Crippen LogP contribution < -0.4 is 4.90 Å². The summed E-state index contributed by atoms with van der Waals surface area (Å²) in [5.41, 5.74) is 1.35. The molecular formula is C20H19F2NO4. The van der Waals surface area contributed by atoms with Crippen molar-refractivity contribution in [2.24, 2.45) is 0 Å². The normalized spacial score (nSPS) is 18.7. The number of anilines is 1. The molecule has 5 nitrogen and oxygen atoms in total. The van der Waals surface area contributed by atoms with Gasteiger partial charge in [0.05, 0.1) is 19.8 Å². The van der Waals surface area contributed by atoms with Crippen LogP contribution in [-0.4, -0.2) is 32.1 Å². The van der Waals surface area contributed by atoms with E-state index < -0.39 is 17.9 Å². The molecule has 142 valence electrons. The number of methoxy groups -OCH3 is 2. The van der Waals surface area contributed by atoms with Gasteiger partial charge in [0.1, 0.15) is 5.70 Å². The van der Waals surface area contributed by atoms with E-state index >= 15 is 0 Å². The molecule has 0 atom stereocenters. The Kier molecular flexibility index (Phi) is 5.12. The number of hydrogen-bond acceptors (Lipinski definition) is 5. The second kappa shape index (κ2) is 7.34. The molecular weight excluding hydrogens is 356 g/mol. The van der Waals surface area contributed by atoms with Gasteiger partial charge in [-0.1, -0.05) is 18.2 Å². The molecule has 1 aromatic carbocycles. The molecule has 1 aliphatic carbocycles. The van der Waals surface area contributed by atoms with Gasteiger partial charge in [0.2, 0.25) is 5.92 Å². The van der Waals surface area contributed by atoms with E-state index in [4.69, 9.17) is 9.47 Å². The second-order valence-electron chi connectivity index (χ2n) is 6.37. The smallest absolute Gasteiger partial charge is 0.355 e. The van der Waals surface area contributed by atoms with Crippen LogP contribution in [0.2, 0.25) is 0 Å². The van der Waals surface area contributed by atoms with Crippen molar-refractivity contribution in [2.45, 2.75) is 24.7 Å². The number of halogens is 2. The minimum Gasteiger partial charge on any atom is -0.465 e. The lowest BCUT2D eigenvalue weighted by Crippen LogP contribution is -2.33. The van der Waals surface area contributed by atoms with Crippen LogP contribution in [0.15, 0.2) is 60.0 Å². The Morgan fingerprint density at radius 1 is 1.11 bits per heavy atom. The standard InChI is InChI=1S/C20H19F2NO4/c1-26-18(24)16-8-3-4-9-23(17(16)19(25)27-2)15-7-5-6-13(10-15)14-11-20(21,22)12-14/h3-10,14H,11-12H2,1-2H3. The monoisotopic (exact) mass is 375 g/mol. The predicted molar refractivity (Wildman–Crippen MR) is 95.2 cm³/mol. The minimum absolute atomic E-state index is 0.00885. The fourth-order valence-corrected chi connectivity index (χ4v) is 3.19. The van der Waals surface area contributed by atoms with Gasteiger partial charge in [0, 0.05) is 24.7 Å². The number of allylic oxidation sites excluding steroid dienone is 2. The molecule has 0 spiro atoms. The Hall–Kier alpha value is -2.96. The van der Waals surface area contributed by atoms with Crippen LogP contribution in [-0.2, 0) is 19.1 Å². The van der Waals surface area contributed by atoms with E-state index in [1.807, 2.05) is 0 Å². The molecule has 0 bridgehead atoms. The lowest BCUT2D eigenvalue weighted by Gasteiger charge is -2.35. The van der Waals surface area contributed by atoms with Crippen molar-refractivity contribution in [1.82, 2.24) is 0 Å². The van der Waals surface area contributed by atoms with E-state index in [0.717, 1.165) is 5.56 Å². The largest absolute Gasteiger partial charge is 0.465 e. The number of ether oxygens (including phenoxy) is 2. The lowest BCUT2D eigenvalue weighted by molar-refractivity contribution is -0.139. The van der Waals surface area contributed by atoms with Crippen molar-refractivity contribution in [2.75, 3.05) is 19.1 Å². The maximum atomic E-state index is 13.2. The predicted octanol–water partition coefficient (Wildman–Crippen LogP) is 3.69. The van der Waals surface area contributed by atoms with E-state index in [2.05, 4.69) is 0 Å². The van der Waals surface area contributed by atoms with E-state index in [1.54, 1.807) is 42.6 Å². The average Bonchev–Trinajstić information content (AvgIpc) is 2.87. The Balaban J connectivity index is 2.03. The quantitative estimate of drug-likeness (QED) is 0.752. The van der Waals surface area contributed by atoms with Crippen molar-refractivity contribution in [3.05, 3.63) is 65.5 Å². The summed E-state index contributed by atoms with van der Waals surface area (Å²) in [6.45, 7) is 0. The number of benzene rings is 1. The maximum absolute atomic E-state index is 13.2. The summed E-state index contributed by atoms with van der Waals surface area (Å²) in [6, 6.07) is 6.99. The highest BCUT2D eigenvalue weighted by Gasteiger charge is 2.45. The zero-order valence-electron chi connectivity index (χ0n) is 14.9. The zero-order valence-corrected chi connectivity index (χ0v) is 14.9. The third-order valence-electron chi connectivity index (χ3n) is 4.60. The SMILES string of the molecule is COC(=O)C1=C(C(=O)OC)N(c2cccc(C3CC(F)(F)C3)c2)C=CC=C1. The van der Waals surface area contributed by atoms with Gasteiger partial charge in [0.15, 0.2) is 0 Å². The fraction of sp³-hybridized carbons (Fsp3) is 0.300. The van der Waals surface area contributed by atoms with Crippen LogP contribution in [0.5, 0.6) is 0 Å². The van der Waals surface area contributed by atoms with Gasteiger partial charge in [-0.3, -0.25) is 0 Å². The fourth-order valence-electron chi connectivity index (χ4n) is 3.19. The number of rotatable bonds is 4. The van der Waals surface area contributed by atoms with Gasteiger partial charge in [0.25, 0.3) is 0 Å². The number of nitrogens with zero attached hydrogens (tertiary/aromatic N) is 1. The Labute approximate surface area is 155 Å². The Morgan fingerprint density at radius 2 is 1.81 bits per heavy atom. The molecule has 1 fully saturated rings. The molecule has 0 saturated heterocycles. The van der Waals surface area contributed by atoms with Gasteiger partial charge in [-0.2, -0.15) is 0 Å². The van der Waals surface area contributed by atoms with Crippen molar-refractivity contribution in [3.63, 3.8) is 0 Å². The highest BCUT2D eigenvalue weighted by atomic mass is 19.3. The lowest BCUT2D eigenvalue weighted by atomic mass is 9.76. The van der Waals surface area contributed by atoms with E-state index in [-0.39, 0.29) is 30.0 Å². The number of hydrogen-bond donors (Lipinski definition) is 0. The maximum Gasteiger partial charge on any atom is 0.355 e. The van der Waals surface area contributed by atoms with Crippen molar-refractivity contribution < 1.29 is 27.8 Å². The van der Waals surface area contributed by atoms with Crippen LogP contribution in [0.4, 0.5) is 14.5 Å². The molecule has 1 heterocycles. The first-order chi connectivity index (χ1) is 12.9. The molecule has 1 aliphatic heterocycles. The topological polar surface area (TPSA) is 55.8 Å². The zero-order chi connectivity index (χ0) is 19.6. The van der Waals surface area contributed by atoms with Gasteiger partial charge in [-0.25, -0.2) is 18.4 Å². The van der Waals surface area contributed by atoms with E-state index in [1.165, 1.54) is 25.2 Å². The van der Waals surface area contributed by atoms with Gasteiger partial charge >= 0.3 is 11.9 Å². The Morgan fingerprint density at radius 3 is 2.44 bits per heavy atom. The van der Waals surface area contributed by atoms with Crippen molar-refractivity contribution >= 4 is 17.6 Å². The van der Waals surface area contributed by atoms with E-state index in [9.17, 15) is 18.4 Å². The first-order valence-electron chi connectivity index (χ1n) is 8.39. The van der Waals surface area contributed by atoms with Crippen LogP contribution in [0.1, 0.15) is 24.3 Å². The van der Waals surface area contributed by atoms with Crippen LogP contribution in [0.3, 0.4) is 0 Å². The molecule has 0 N–H and O–H groups in total. The number of esters is 2. The van der Waals surface area contributed by atoms with Gasteiger partial charge in [-0.15, -0.1) is 0 Å². The molecule has 0 aromatic heterocycles. The summed E-state index contributed by atoms with van der Waals surface area (Å²) in [5, 5.41) is 0. The highest BCUT2D eigenvalue weighted by Crippen LogP contribution is 2.48. The minimum atomic E-state index is -2.62. The molecule has 3 rings (SSSR count). The summed E-state index contributed by atoms with van der Waals surface area (Å²) >= 11 is 0. The summed E-state index contributed by atoms with van der Waals surface area (Å²) in [7, 11) is 2.44. The summed E-state index contributed by atoms with van der Waals surface area (Å²) in [4.78, 5) is 26.1. The van der Waals surface area contributed by atoms with Crippen LogP contribution >= 0.6 is 0 Å². The molecule has 0 amide bonds. The number of carbonyl (C=O) groups is 2. The number of alkyl halides is 2.